The van der Waals surface area contributed by atoms with E-state index in [1.807, 2.05) is 5.43 Å². The Bertz CT molecular complexity index is 240. The Kier molecular flexibility index (Phi) is 5.24. The molecule has 0 spiro atoms. The summed E-state index contributed by atoms with van der Waals surface area (Å²) in [4.78, 5) is 20.5. The van der Waals surface area contributed by atoms with Gasteiger partial charge in [0.15, 0.2) is 0 Å². The highest BCUT2D eigenvalue weighted by Crippen LogP contribution is 2.45. The SMILES string of the molecule is CC(=O)NN.CC1(C)CCC1C(=O)NN. The van der Waals surface area contributed by atoms with Crippen molar-refractivity contribution >= 4 is 11.8 Å². The van der Waals surface area contributed by atoms with Gasteiger partial charge in [0, 0.05) is 12.8 Å². The van der Waals surface area contributed by atoms with Crippen LogP contribution in [0.4, 0.5) is 0 Å². The normalized spacial score (nSPS) is 21.5. The van der Waals surface area contributed by atoms with Crippen LogP contribution in [-0.2, 0) is 9.59 Å². The molecule has 1 rings (SSSR count). The third-order valence-electron chi connectivity index (χ3n) is 2.68. The molecule has 1 unspecified atom stereocenters. The Morgan fingerprint density at radius 2 is 1.73 bits per heavy atom. The maximum Gasteiger partial charge on any atom is 0.237 e. The van der Waals surface area contributed by atoms with Crippen molar-refractivity contribution in [2.24, 2.45) is 23.0 Å². The van der Waals surface area contributed by atoms with Crippen LogP contribution >= 0.6 is 0 Å². The van der Waals surface area contributed by atoms with E-state index in [1.165, 1.54) is 6.92 Å². The minimum atomic E-state index is -0.218. The fourth-order valence-corrected chi connectivity index (χ4v) is 1.45. The lowest BCUT2D eigenvalue weighted by molar-refractivity contribution is -0.134. The van der Waals surface area contributed by atoms with Gasteiger partial charge in [-0.15, -0.1) is 0 Å². The Balaban J connectivity index is 0.000000336. The average molecular weight is 216 g/mol. The summed E-state index contributed by atoms with van der Waals surface area (Å²) in [6.07, 6.45) is 2.11. The molecule has 15 heavy (non-hydrogen) atoms. The van der Waals surface area contributed by atoms with Crippen LogP contribution in [0.3, 0.4) is 0 Å². The van der Waals surface area contributed by atoms with Crippen molar-refractivity contribution in [1.29, 1.82) is 0 Å². The highest BCUT2D eigenvalue weighted by atomic mass is 16.2. The Morgan fingerprint density at radius 3 is 1.80 bits per heavy atom. The summed E-state index contributed by atoms with van der Waals surface area (Å²) in [5.74, 6) is 9.48. The van der Waals surface area contributed by atoms with E-state index in [9.17, 15) is 9.59 Å². The van der Waals surface area contributed by atoms with Gasteiger partial charge in [0.2, 0.25) is 11.8 Å². The molecule has 1 fully saturated rings. The third kappa shape index (κ3) is 4.26. The van der Waals surface area contributed by atoms with Crippen molar-refractivity contribution in [2.75, 3.05) is 0 Å². The van der Waals surface area contributed by atoms with Crippen LogP contribution in [0.5, 0.6) is 0 Å². The van der Waals surface area contributed by atoms with Crippen molar-refractivity contribution < 1.29 is 9.59 Å². The van der Waals surface area contributed by atoms with Crippen molar-refractivity contribution in [1.82, 2.24) is 10.9 Å². The first-order valence-electron chi connectivity index (χ1n) is 4.82. The largest absolute Gasteiger partial charge is 0.295 e. The molecular weight excluding hydrogens is 196 g/mol. The Hall–Kier alpha value is -1.14. The highest BCUT2D eigenvalue weighted by molar-refractivity contribution is 5.79. The lowest BCUT2D eigenvalue weighted by Crippen LogP contribution is -2.47. The number of nitrogens with two attached hydrogens (primary N) is 2. The predicted molar refractivity (Wildman–Crippen MR) is 56.8 cm³/mol. The van der Waals surface area contributed by atoms with Gasteiger partial charge in [-0.1, -0.05) is 13.8 Å². The van der Waals surface area contributed by atoms with Gasteiger partial charge in [0.05, 0.1) is 0 Å². The van der Waals surface area contributed by atoms with Gasteiger partial charge in [0.25, 0.3) is 0 Å². The van der Waals surface area contributed by atoms with Crippen molar-refractivity contribution in [3.8, 4) is 0 Å². The molecular formula is C9H20N4O2. The molecule has 1 aliphatic rings. The molecule has 1 aliphatic carbocycles. The quantitative estimate of drug-likeness (QED) is 0.267. The zero-order chi connectivity index (χ0) is 12.1. The molecule has 1 atom stereocenters. The fourth-order valence-electron chi connectivity index (χ4n) is 1.45. The summed E-state index contributed by atoms with van der Waals surface area (Å²) in [7, 11) is 0. The molecule has 2 amide bonds. The molecule has 0 heterocycles. The van der Waals surface area contributed by atoms with E-state index in [0.717, 1.165) is 12.8 Å². The van der Waals surface area contributed by atoms with Crippen LogP contribution in [0.2, 0.25) is 0 Å². The van der Waals surface area contributed by atoms with E-state index < -0.39 is 0 Å². The maximum atomic E-state index is 11.0. The standard InChI is InChI=1S/C7H14N2O.C2H6N2O/c1-7(2)4-3-5(7)6(10)9-8;1-2(5)4-3/h5H,3-4,8H2,1-2H3,(H,9,10);3H2,1H3,(H,4,5). The summed E-state index contributed by atoms with van der Waals surface area (Å²) < 4.78 is 0. The van der Waals surface area contributed by atoms with Gasteiger partial charge in [0.1, 0.15) is 0 Å². The van der Waals surface area contributed by atoms with Gasteiger partial charge in [-0.25, -0.2) is 11.7 Å². The lowest BCUT2D eigenvalue weighted by Gasteiger charge is -2.42. The second-order valence-electron chi connectivity index (χ2n) is 4.29. The third-order valence-corrected chi connectivity index (χ3v) is 2.68. The van der Waals surface area contributed by atoms with E-state index in [-0.39, 0.29) is 23.1 Å². The average Bonchev–Trinajstić information content (AvgIpc) is 2.17. The Morgan fingerprint density at radius 1 is 1.27 bits per heavy atom. The predicted octanol–water partition coefficient (Wildman–Crippen LogP) is -0.591. The minimum absolute atomic E-state index is 0.0174. The number of hydrazine groups is 2. The minimum Gasteiger partial charge on any atom is -0.295 e. The summed E-state index contributed by atoms with van der Waals surface area (Å²) in [5, 5.41) is 0. The lowest BCUT2D eigenvalue weighted by atomic mass is 9.62. The van der Waals surface area contributed by atoms with Crippen LogP contribution < -0.4 is 22.5 Å². The van der Waals surface area contributed by atoms with Gasteiger partial charge in [-0.2, -0.15) is 0 Å². The van der Waals surface area contributed by atoms with Crippen LogP contribution in [0.1, 0.15) is 33.6 Å². The summed E-state index contributed by atoms with van der Waals surface area (Å²) >= 11 is 0. The molecule has 88 valence electrons. The molecule has 0 radical (unpaired) electrons. The second-order valence-corrected chi connectivity index (χ2v) is 4.29. The number of amides is 2. The topological polar surface area (TPSA) is 110 Å². The molecule has 6 N–H and O–H groups in total. The van der Waals surface area contributed by atoms with Crippen molar-refractivity contribution in [2.45, 2.75) is 33.6 Å². The van der Waals surface area contributed by atoms with Gasteiger partial charge in [-0.3, -0.25) is 20.4 Å². The summed E-state index contributed by atoms with van der Waals surface area (Å²) in [6.45, 7) is 5.53. The first-order valence-corrected chi connectivity index (χ1v) is 4.82. The molecule has 6 heteroatoms. The van der Waals surface area contributed by atoms with E-state index in [0.29, 0.717) is 0 Å². The highest BCUT2D eigenvalue weighted by Gasteiger charge is 2.42. The van der Waals surface area contributed by atoms with Crippen molar-refractivity contribution in [3.05, 3.63) is 0 Å². The second kappa shape index (κ2) is 5.67. The fraction of sp³-hybridized carbons (Fsp3) is 0.778. The van der Waals surface area contributed by atoms with Crippen LogP contribution in [0, 0.1) is 11.3 Å². The number of hydrogen-bond donors (Lipinski definition) is 4. The summed E-state index contributed by atoms with van der Waals surface area (Å²) in [5.41, 5.74) is 4.24. The smallest absolute Gasteiger partial charge is 0.237 e. The zero-order valence-electron chi connectivity index (χ0n) is 9.46. The number of carbonyl (C=O) groups is 2. The van der Waals surface area contributed by atoms with Crippen LogP contribution in [-0.4, -0.2) is 11.8 Å². The van der Waals surface area contributed by atoms with E-state index in [1.54, 1.807) is 0 Å². The molecule has 0 aromatic heterocycles. The van der Waals surface area contributed by atoms with Gasteiger partial charge in [-0.05, 0) is 18.3 Å². The van der Waals surface area contributed by atoms with E-state index >= 15 is 0 Å². The van der Waals surface area contributed by atoms with Crippen molar-refractivity contribution in [3.63, 3.8) is 0 Å². The monoisotopic (exact) mass is 216 g/mol. The molecule has 0 aliphatic heterocycles. The number of rotatable bonds is 1. The number of hydrogen-bond acceptors (Lipinski definition) is 4. The Labute approximate surface area is 89.7 Å². The molecule has 6 nitrogen and oxygen atoms in total. The summed E-state index contributed by atoms with van der Waals surface area (Å²) in [6, 6.07) is 0. The number of carbonyl (C=O) groups excluding carboxylic acids is 2. The number of nitrogens with one attached hydrogen (secondary N) is 2. The van der Waals surface area contributed by atoms with E-state index in [4.69, 9.17) is 5.84 Å². The first-order chi connectivity index (χ1) is 6.85. The first kappa shape index (κ1) is 13.9. The molecule has 0 aromatic rings. The van der Waals surface area contributed by atoms with Crippen LogP contribution in [0.25, 0.3) is 0 Å². The molecule has 0 bridgehead atoms. The maximum absolute atomic E-state index is 11.0. The van der Waals surface area contributed by atoms with Gasteiger partial charge < -0.3 is 0 Å². The molecule has 0 saturated heterocycles. The molecule has 0 aromatic carbocycles. The van der Waals surface area contributed by atoms with Gasteiger partial charge >= 0.3 is 0 Å². The molecule has 1 saturated carbocycles. The van der Waals surface area contributed by atoms with E-state index in [2.05, 4.69) is 25.1 Å². The van der Waals surface area contributed by atoms with Crippen LogP contribution in [0.15, 0.2) is 0 Å². The zero-order valence-corrected chi connectivity index (χ0v) is 9.46.